The molecule has 0 fully saturated rings. The summed E-state index contributed by atoms with van der Waals surface area (Å²) in [6, 6.07) is 9.76. The Morgan fingerprint density at radius 3 is 2.77 bits per heavy atom. The first kappa shape index (κ1) is 15.8. The molecule has 0 aliphatic heterocycles. The number of carboxylic acid groups (broad SMARTS) is 1. The lowest BCUT2D eigenvalue weighted by atomic mass is 10.1. The molecule has 0 unspecified atom stereocenters. The number of carbonyl (C=O) groups is 1. The predicted molar refractivity (Wildman–Crippen MR) is 80.0 cm³/mol. The van der Waals surface area contributed by atoms with Crippen molar-refractivity contribution in [3.05, 3.63) is 54.6 Å². The summed E-state index contributed by atoms with van der Waals surface area (Å²) in [5, 5.41) is 14.5. The lowest BCUT2D eigenvalue weighted by Gasteiger charge is -2.08. The van der Waals surface area contributed by atoms with Gasteiger partial charge in [0.1, 0.15) is 12.3 Å². The molecule has 6 heteroatoms. The van der Waals surface area contributed by atoms with E-state index in [0.717, 1.165) is 11.3 Å². The molecule has 0 saturated heterocycles. The van der Waals surface area contributed by atoms with Crippen LogP contribution in [-0.2, 0) is 16.2 Å². The van der Waals surface area contributed by atoms with Gasteiger partial charge in [0.05, 0.1) is 12.9 Å². The largest absolute Gasteiger partial charge is 0.550 e. The highest BCUT2D eigenvalue weighted by Gasteiger charge is 2.05. The second-order valence-electron chi connectivity index (χ2n) is 4.80. The lowest BCUT2D eigenvalue weighted by Crippen LogP contribution is -2.21. The van der Waals surface area contributed by atoms with E-state index in [1.54, 1.807) is 12.5 Å². The van der Waals surface area contributed by atoms with Gasteiger partial charge >= 0.3 is 0 Å². The number of hydrogen-bond acceptors (Lipinski definition) is 5. The molecular formula is C16H18N3O3-. The predicted octanol–water partition coefficient (Wildman–Crippen LogP) is 1.22. The summed E-state index contributed by atoms with van der Waals surface area (Å²) in [5.41, 5.74) is 1.77. The summed E-state index contributed by atoms with van der Waals surface area (Å²) < 4.78 is 1.91. The molecule has 0 saturated carbocycles. The van der Waals surface area contributed by atoms with Gasteiger partial charge in [0.15, 0.2) is 0 Å². The minimum absolute atomic E-state index is 0.0493. The van der Waals surface area contributed by atoms with Gasteiger partial charge in [0.2, 0.25) is 0 Å². The average Bonchev–Trinajstić information content (AvgIpc) is 3.03. The maximum atomic E-state index is 10.3. The van der Waals surface area contributed by atoms with Crippen molar-refractivity contribution in [2.24, 2.45) is 5.16 Å². The van der Waals surface area contributed by atoms with Gasteiger partial charge in [-0.3, -0.25) is 0 Å². The van der Waals surface area contributed by atoms with Crippen molar-refractivity contribution in [1.29, 1.82) is 0 Å². The van der Waals surface area contributed by atoms with Gasteiger partial charge in [-0.15, -0.1) is 0 Å². The summed E-state index contributed by atoms with van der Waals surface area (Å²) in [7, 11) is 0. The van der Waals surface area contributed by atoms with E-state index in [-0.39, 0.29) is 6.42 Å². The van der Waals surface area contributed by atoms with Crippen molar-refractivity contribution in [3.63, 3.8) is 0 Å². The number of hydrogen-bond donors (Lipinski definition) is 0. The van der Waals surface area contributed by atoms with Gasteiger partial charge in [0.25, 0.3) is 0 Å². The topological polar surface area (TPSA) is 79.5 Å². The number of nitrogens with zero attached hydrogens (tertiary/aromatic N) is 3. The Bertz CT molecular complexity index is 594. The number of imidazole rings is 1. The molecule has 22 heavy (non-hydrogen) atoms. The lowest BCUT2D eigenvalue weighted by molar-refractivity contribution is -0.305. The van der Waals surface area contributed by atoms with Crippen LogP contribution in [0, 0.1) is 0 Å². The highest BCUT2D eigenvalue weighted by atomic mass is 16.6. The fraction of sp³-hybridized carbons (Fsp3) is 0.312. The summed E-state index contributed by atoms with van der Waals surface area (Å²) in [4.78, 5) is 19.6. The van der Waals surface area contributed by atoms with Gasteiger partial charge in [-0.25, -0.2) is 4.98 Å². The van der Waals surface area contributed by atoms with Crippen molar-refractivity contribution in [2.45, 2.75) is 25.8 Å². The summed E-state index contributed by atoms with van der Waals surface area (Å²) >= 11 is 0. The molecule has 1 aromatic heterocycles. The monoisotopic (exact) mass is 300 g/mol. The fourth-order valence-electron chi connectivity index (χ4n) is 1.92. The third kappa shape index (κ3) is 5.40. The van der Waals surface area contributed by atoms with E-state index >= 15 is 0 Å². The number of aromatic nitrogens is 2. The number of rotatable bonds is 9. The molecule has 0 bridgehead atoms. The van der Waals surface area contributed by atoms with Crippen LogP contribution in [0.4, 0.5) is 0 Å². The second-order valence-corrected chi connectivity index (χ2v) is 4.80. The smallest absolute Gasteiger partial charge is 0.117 e. The molecule has 0 N–H and O–H groups in total. The third-order valence-corrected chi connectivity index (χ3v) is 3.04. The van der Waals surface area contributed by atoms with Crippen molar-refractivity contribution >= 4 is 11.7 Å². The minimum Gasteiger partial charge on any atom is -0.550 e. The molecule has 0 radical (unpaired) electrons. The fourth-order valence-corrected chi connectivity index (χ4v) is 1.92. The van der Waals surface area contributed by atoms with Crippen LogP contribution in [0.2, 0.25) is 0 Å². The quantitative estimate of drug-likeness (QED) is 0.396. The van der Waals surface area contributed by atoms with Crippen molar-refractivity contribution < 1.29 is 14.7 Å². The van der Waals surface area contributed by atoms with Crippen LogP contribution in [-0.4, -0.2) is 27.8 Å². The van der Waals surface area contributed by atoms with Gasteiger partial charge in [-0.05, 0) is 19.3 Å². The first-order chi connectivity index (χ1) is 10.8. The van der Waals surface area contributed by atoms with Crippen LogP contribution >= 0.6 is 0 Å². The number of unbranched alkanes of at least 4 members (excludes halogenated alkanes) is 1. The molecule has 0 aliphatic carbocycles. The molecule has 0 spiro atoms. The Hall–Kier alpha value is -2.63. The maximum absolute atomic E-state index is 10.3. The Labute approximate surface area is 129 Å². The number of carboxylic acids is 1. The number of aliphatic carboxylic acids is 1. The number of carbonyl (C=O) groups excluding carboxylic acids is 1. The summed E-state index contributed by atoms with van der Waals surface area (Å²) in [6.45, 7) is 0.941. The van der Waals surface area contributed by atoms with E-state index in [9.17, 15) is 9.90 Å². The third-order valence-electron chi connectivity index (χ3n) is 3.04. The van der Waals surface area contributed by atoms with E-state index in [1.807, 2.05) is 41.1 Å². The minimum atomic E-state index is -1.03. The molecular weight excluding hydrogens is 282 g/mol. The maximum Gasteiger partial charge on any atom is 0.117 e. The Morgan fingerprint density at radius 2 is 2.09 bits per heavy atom. The average molecular weight is 300 g/mol. The second kappa shape index (κ2) is 8.61. The molecule has 0 aliphatic rings. The molecule has 0 atom stereocenters. The van der Waals surface area contributed by atoms with Crippen LogP contribution in [0.1, 0.15) is 24.8 Å². The van der Waals surface area contributed by atoms with E-state index in [0.29, 0.717) is 26.0 Å². The van der Waals surface area contributed by atoms with E-state index in [2.05, 4.69) is 10.1 Å². The van der Waals surface area contributed by atoms with Crippen LogP contribution in [0.25, 0.3) is 0 Å². The highest BCUT2D eigenvalue weighted by molar-refractivity contribution is 6.00. The SMILES string of the molecule is O=C([O-])CCCCO/N=C(\Cn1ccnc1)c1ccccc1. The molecule has 116 valence electrons. The molecule has 2 aromatic rings. The standard InChI is InChI=1S/C16H19N3O3/c20-16(21)8-4-5-11-22-18-15(12-19-10-9-17-13-19)14-6-2-1-3-7-14/h1-3,6-7,9-10,13H,4-5,8,11-12H2,(H,20,21)/p-1/b18-15+. The van der Waals surface area contributed by atoms with E-state index < -0.39 is 5.97 Å². The van der Waals surface area contributed by atoms with E-state index in [4.69, 9.17) is 4.84 Å². The number of benzene rings is 1. The zero-order valence-electron chi connectivity index (χ0n) is 12.2. The zero-order chi connectivity index (χ0) is 15.6. The van der Waals surface area contributed by atoms with Gasteiger partial charge in [0, 0.05) is 23.9 Å². The first-order valence-electron chi connectivity index (χ1n) is 7.15. The van der Waals surface area contributed by atoms with Crippen LogP contribution in [0.5, 0.6) is 0 Å². The summed E-state index contributed by atoms with van der Waals surface area (Å²) in [5.74, 6) is -1.03. The van der Waals surface area contributed by atoms with Crippen molar-refractivity contribution in [1.82, 2.24) is 9.55 Å². The molecule has 1 heterocycles. The molecule has 1 aromatic carbocycles. The van der Waals surface area contributed by atoms with Crippen LogP contribution < -0.4 is 5.11 Å². The first-order valence-corrected chi connectivity index (χ1v) is 7.15. The van der Waals surface area contributed by atoms with Crippen molar-refractivity contribution in [3.8, 4) is 0 Å². The highest BCUT2D eigenvalue weighted by Crippen LogP contribution is 2.05. The summed E-state index contributed by atoms with van der Waals surface area (Å²) in [6.07, 6.45) is 6.50. The van der Waals surface area contributed by atoms with Crippen LogP contribution in [0.3, 0.4) is 0 Å². The van der Waals surface area contributed by atoms with Crippen LogP contribution in [0.15, 0.2) is 54.2 Å². The van der Waals surface area contributed by atoms with Crippen molar-refractivity contribution in [2.75, 3.05) is 6.61 Å². The Morgan fingerprint density at radius 1 is 1.27 bits per heavy atom. The molecule has 6 nitrogen and oxygen atoms in total. The molecule has 0 amide bonds. The van der Waals surface area contributed by atoms with Gasteiger partial charge in [-0.2, -0.15) is 0 Å². The Kier molecular flexibility index (Phi) is 6.17. The normalized spacial score (nSPS) is 11.4. The van der Waals surface area contributed by atoms with Gasteiger partial charge < -0.3 is 19.3 Å². The Balaban J connectivity index is 1.92. The van der Waals surface area contributed by atoms with Gasteiger partial charge in [-0.1, -0.05) is 35.5 Å². The van der Waals surface area contributed by atoms with E-state index in [1.165, 1.54) is 0 Å². The number of oxime groups is 1. The zero-order valence-corrected chi connectivity index (χ0v) is 12.2. The molecule has 2 rings (SSSR count).